The number of carbonyl (C=O) groups is 1. The van der Waals surface area contributed by atoms with Crippen LogP contribution in [0, 0.1) is 0 Å². The Morgan fingerprint density at radius 1 is 1.19 bits per heavy atom. The summed E-state index contributed by atoms with van der Waals surface area (Å²) in [7, 11) is -1.13. The highest BCUT2D eigenvalue weighted by molar-refractivity contribution is 7.91. The molecule has 0 saturated carbocycles. The van der Waals surface area contributed by atoms with Gasteiger partial charge in [0.1, 0.15) is 11.5 Å². The fourth-order valence-corrected chi connectivity index (χ4v) is 5.03. The smallest absolute Gasteiger partial charge is 0.274 e. The van der Waals surface area contributed by atoms with Gasteiger partial charge in [0.2, 0.25) is 0 Å². The molecule has 2 heterocycles. The Morgan fingerprint density at radius 3 is 2.48 bits per heavy atom. The standard InChI is InChI=1S/C19H24N4O3S/c1-3-23(16-9-10-27(25,26)14-16)19(24)17-11-21-18(12-20-17)22(2)13-15-7-5-4-6-8-15/h4-8,11-12,16H,3,9-10,13-14H2,1-2H3. The van der Waals surface area contributed by atoms with Gasteiger partial charge in [-0.15, -0.1) is 0 Å². The lowest BCUT2D eigenvalue weighted by Crippen LogP contribution is -2.41. The van der Waals surface area contributed by atoms with Gasteiger partial charge < -0.3 is 9.80 Å². The zero-order valence-electron chi connectivity index (χ0n) is 15.6. The fraction of sp³-hybridized carbons (Fsp3) is 0.421. The normalized spacial score (nSPS) is 18.2. The molecule has 1 unspecified atom stereocenters. The Bertz CT molecular complexity index is 885. The van der Waals surface area contributed by atoms with Crippen LogP contribution < -0.4 is 4.90 Å². The molecule has 8 heteroatoms. The molecule has 1 saturated heterocycles. The zero-order chi connectivity index (χ0) is 19.4. The molecule has 27 heavy (non-hydrogen) atoms. The molecule has 7 nitrogen and oxygen atoms in total. The van der Waals surface area contributed by atoms with E-state index in [1.54, 1.807) is 11.1 Å². The highest BCUT2D eigenvalue weighted by Gasteiger charge is 2.34. The second kappa shape index (κ2) is 8.04. The minimum absolute atomic E-state index is 0.0257. The molecule has 1 amide bonds. The summed E-state index contributed by atoms with van der Waals surface area (Å²) < 4.78 is 23.4. The van der Waals surface area contributed by atoms with E-state index in [9.17, 15) is 13.2 Å². The summed E-state index contributed by atoms with van der Waals surface area (Å²) in [5.74, 6) is 0.556. The number of hydrogen-bond acceptors (Lipinski definition) is 6. The number of amides is 1. The van der Waals surface area contributed by atoms with Gasteiger partial charge in [0.05, 0.1) is 23.9 Å². The topological polar surface area (TPSA) is 83.5 Å². The second-order valence-corrected chi connectivity index (χ2v) is 8.98. The molecule has 0 aliphatic carbocycles. The first-order valence-electron chi connectivity index (χ1n) is 8.98. The van der Waals surface area contributed by atoms with Crippen molar-refractivity contribution in [2.45, 2.75) is 25.9 Å². The van der Waals surface area contributed by atoms with Gasteiger partial charge in [-0.1, -0.05) is 30.3 Å². The van der Waals surface area contributed by atoms with Gasteiger partial charge in [0.15, 0.2) is 9.84 Å². The third-order valence-corrected chi connectivity index (χ3v) is 6.51. The van der Waals surface area contributed by atoms with E-state index >= 15 is 0 Å². The molecule has 1 aromatic heterocycles. The van der Waals surface area contributed by atoms with E-state index in [0.29, 0.717) is 25.3 Å². The molecule has 1 aliphatic heterocycles. The van der Waals surface area contributed by atoms with E-state index in [1.807, 2.05) is 49.2 Å². The SMILES string of the molecule is CCN(C(=O)c1cnc(N(C)Cc2ccccc2)cn1)C1CCS(=O)(=O)C1. The lowest BCUT2D eigenvalue weighted by atomic mass is 10.2. The predicted molar refractivity (Wildman–Crippen MR) is 104 cm³/mol. The summed E-state index contributed by atoms with van der Waals surface area (Å²) in [6, 6.07) is 9.74. The van der Waals surface area contributed by atoms with E-state index in [1.165, 1.54) is 6.20 Å². The van der Waals surface area contributed by atoms with E-state index in [2.05, 4.69) is 9.97 Å². The van der Waals surface area contributed by atoms with Crippen LogP contribution in [0.1, 0.15) is 29.4 Å². The summed E-state index contributed by atoms with van der Waals surface area (Å²) in [4.78, 5) is 24.9. The Hall–Kier alpha value is -2.48. The molecule has 1 atom stereocenters. The van der Waals surface area contributed by atoms with Crippen molar-refractivity contribution in [3.8, 4) is 0 Å². The van der Waals surface area contributed by atoms with Gasteiger partial charge in [-0.05, 0) is 18.9 Å². The maximum Gasteiger partial charge on any atom is 0.274 e. The molecule has 0 spiro atoms. The molecule has 144 valence electrons. The molecule has 1 fully saturated rings. The highest BCUT2D eigenvalue weighted by Crippen LogP contribution is 2.20. The number of benzene rings is 1. The van der Waals surface area contributed by atoms with E-state index in [4.69, 9.17) is 0 Å². The summed E-state index contributed by atoms with van der Waals surface area (Å²) in [5, 5.41) is 0. The lowest BCUT2D eigenvalue weighted by molar-refractivity contribution is 0.0702. The third-order valence-electron chi connectivity index (χ3n) is 4.76. The quantitative estimate of drug-likeness (QED) is 0.750. The molecular weight excluding hydrogens is 364 g/mol. The van der Waals surface area contributed by atoms with Crippen LogP contribution in [0.15, 0.2) is 42.7 Å². The first-order chi connectivity index (χ1) is 12.9. The largest absolute Gasteiger partial charge is 0.354 e. The lowest BCUT2D eigenvalue weighted by Gasteiger charge is -2.26. The Morgan fingerprint density at radius 2 is 1.93 bits per heavy atom. The number of aromatic nitrogens is 2. The van der Waals surface area contributed by atoms with E-state index < -0.39 is 9.84 Å². The first kappa shape index (κ1) is 19.3. The van der Waals surface area contributed by atoms with E-state index in [-0.39, 0.29) is 29.1 Å². The monoisotopic (exact) mass is 388 g/mol. The van der Waals surface area contributed by atoms with Crippen molar-refractivity contribution in [1.29, 1.82) is 0 Å². The first-order valence-corrected chi connectivity index (χ1v) is 10.8. The zero-order valence-corrected chi connectivity index (χ0v) is 16.4. The average Bonchev–Trinajstić information content (AvgIpc) is 3.02. The Kier molecular flexibility index (Phi) is 5.74. The maximum atomic E-state index is 12.8. The van der Waals surface area contributed by atoms with Crippen molar-refractivity contribution in [3.63, 3.8) is 0 Å². The van der Waals surface area contributed by atoms with Crippen molar-refractivity contribution >= 4 is 21.6 Å². The van der Waals surface area contributed by atoms with Crippen LogP contribution in [0.5, 0.6) is 0 Å². The van der Waals surface area contributed by atoms with Crippen molar-refractivity contribution in [1.82, 2.24) is 14.9 Å². The van der Waals surface area contributed by atoms with Crippen LogP contribution >= 0.6 is 0 Å². The molecular formula is C19H24N4O3S. The number of carbonyl (C=O) groups excluding carboxylic acids is 1. The minimum Gasteiger partial charge on any atom is -0.354 e. The van der Waals surface area contributed by atoms with Crippen molar-refractivity contribution in [2.24, 2.45) is 0 Å². The Balaban J connectivity index is 1.69. The number of rotatable bonds is 6. The third kappa shape index (κ3) is 4.63. The fourth-order valence-electron chi connectivity index (χ4n) is 3.30. The van der Waals surface area contributed by atoms with E-state index in [0.717, 1.165) is 5.56 Å². The van der Waals surface area contributed by atoms with Crippen LogP contribution in [0.2, 0.25) is 0 Å². The number of nitrogens with zero attached hydrogens (tertiary/aromatic N) is 4. The van der Waals surface area contributed by atoms with Gasteiger partial charge in [0, 0.05) is 26.2 Å². The van der Waals surface area contributed by atoms with Gasteiger partial charge >= 0.3 is 0 Å². The van der Waals surface area contributed by atoms with Crippen molar-refractivity contribution in [3.05, 3.63) is 54.0 Å². The summed E-state index contributed by atoms with van der Waals surface area (Å²) in [6.07, 6.45) is 3.52. The number of sulfone groups is 1. The van der Waals surface area contributed by atoms with Gasteiger partial charge in [0.25, 0.3) is 5.91 Å². The summed E-state index contributed by atoms with van der Waals surface area (Å²) >= 11 is 0. The van der Waals surface area contributed by atoms with Crippen LogP contribution in [0.4, 0.5) is 5.82 Å². The van der Waals surface area contributed by atoms with Crippen molar-refractivity contribution < 1.29 is 13.2 Å². The number of hydrogen-bond donors (Lipinski definition) is 0. The second-order valence-electron chi connectivity index (χ2n) is 6.75. The molecule has 3 rings (SSSR count). The van der Waals surface area contributed by atoms with Crippen LogP contribution in [-0.2, 0) is 16.4 Å². The summed E-state index contributed by atoms with van der Waals surface area (Å²) in [5.41, 5.74) is 1.39. The molecule has 1 aromatic carbocycles. The molecule has 0 bridgehead atoms. The molecule has 2 aromatic rings. The number of anilines is 1. The minimum atomic E-state index is -3.05. The molecule has 1 aliphatic rings. The average molecular weight is 388 g/mol. The maximum absolute atomic E-state index is 12.8. The van der Waals surface area contributed by atoms with Crippen LogP contribution in [0.3, 0.4) is 0 Å². The van der Waals surface area contributed by atoms with Crippen molar-refractivity contribution in [2.75, 3.05) is 30.0 Å². The van der Waals surface area contributed by atoms with Crippen LogP contribution in [-0.4, -0.2) is 60.3 Å². The Labute approximate surface area is 160 Å². The van der Waals surface area contributed by atoms with Gasteiger partial charge in [-0.2, -0.15) is 0 Å². The van der Waals surface area contributed by atoms with Crippen LogP contribution in [0.25, 0.3) is 0 Å². The van der Waals surface area contributed by atoms with Gasteiger partial charge in [-0.3, -0.25) is 4.79 Å². The van der Waals surface area contributed by atoms with Gasteiger partial charge in [-0.25, -0.2) is 18.4 Å². The molecule has 0 radical (unpaired) electrons. The predicted octanol–water partition coefficient (Wildman–Crippen LogP) is 1.76. The summed E-state index contributed by atoms with van der Waals surface area (Å²) in [6.45, 7) is 2.97. The highest BCUT2D eigenvalue weighted by atomic mass is 32.2. The molecule has 0 N–H and O–H groups in total.